The van der Waals surface area contributed by atoms with E-state index in [1.165, 1.54) is 29.6 Å². The van der Waals surface area contributed by atoms with Crippen LogP contribution in [0.15, 0.2) is 59.2 Å². The summed E-state index contributed by atoms with van der Waals surface area (Å²) in [7, 11) is -0.393. The molecule has 1 N–H and O–H groups in total. The standard InChI is InChI=1S/C31H38BNO5S/c1-30(2)23-16-27(30)31(3)28(17-23)36-32(37-31)29(15-22-18-35-26-8-5-4-7-24(22)26)33-38-39-19-20-10-12-21(13-11-20)25-9-6-14-34-25/h4-5,7-8,10-13,18,23,25,27-29,33H,6,9,14-17,19H2,1-3H3. The Morgan fingerprint density at radius 2 is 1.95 bits per heavy atom. The first-order chi connectivity index (χ1) is 18.9. The molecule has 2 saturated heterocycles. The molecule has 2 aliphatic heterocycles. The molecule has 3 aromatic rings. The van der Waals surface area contributed by atoms with Gasteiger partial charge in [0.25, 0.3) is 0 Å². The summed E-state index contributed by atoms with van der Waals surface area (Å²) in [5, 5.41) is 1.12. The summed E-state index contributed by atoms with van der Waals surface area (Å²) in [5.74, 6) is 1.79. The molecule has 8 heteroatoms. The van der Waals surface area contributed by atoms with Gasteiger partial charge in [0.15, 0.2) is 0 Å². The van der Waals surface area contributed by atoms with E-state index in [2.05, 4.69) is 56.6 Å². The van der Waals surface area contributed by atoms with Gasteiger partial charge < -0.3 is 18.5 Å². The smallest absolute Gasteiger partial charge is 0.464 e. The summed E-state index contributed by atoms with van der Waals surface area (Å²) < 4.78 is 31.1. The van der Waals surface area contributed by atoms with Gasteiger partial charge in [-0.15, -0.1) is 0 Å². The molecule has 8 rings (SSSR count). The summed E-state index contributed by atoms with van der Waals surface area (Å²) in [6, 6.07) is 16.9. The molecule has 39 heavy (non-hydrogen) atoms. The lowest BCUT2D eigenvalue weighted by Crippen LogP contribution is -2.65. The van der Waals surface area contributed by atoms with E-state index in [1.54, 1.807) is 0 Å². The van der Waals surface area contributed by atoms with Crippen LogP contribution in [0, 0.1) is 17.3 Å². The van der Waals surface area contributed by atoms with E-state index in [-0.39, 0.29) is 23.8 Å². The molecule has 2 bridgehead atoms. The zero-order valence-electron chi connectivity index (χ0n) is 23.1. The van der Waals surface area contributed by atoms with Crippen LogP contribution >= 0.6 is 12.0 Å². The molecular formula is C31H38BNO5S. The van der Waals surface area contributed by atoms with Crippen molar-refractivity contribution in [1.82, 2.24) is 5.48 Å². The molecule has 0 spiro atoms. The topological polar surface area (TPSA) is 62.1 Å². The lowest BCUT2D eigenvalue weighted by atomic mass is 9.43. The van der Waals surface area contributed by atoms with Gasteiger partial charge in [-0.2, -0.15) is 5.48 Å². The number of furan rings is 1. The molecule has 5 fully saturated rings. The number of hydroxylamine groups is 1. The number of nitrogens with one attached hydrogen (secondary N) is 1. The van der Waals surface area contributed by atoms with Gasteiger partial charge in [0.2, 0.25) is 0 Å². The molecule has 2 aromatic carbocycles. The van der Waals surface area contributed by atoms with E-state index in [1.807, 2.05) is 24.5 Å². The Bertz CT molecular complexity index is 1310. The first-order valence-corrected chi connectivity index (χ1v) is 15.4. The van der Waals surface area contributed by atoms with Crippen LogP contribution in [0.5, 0.6) is 0 Å². The molecule has 6 atom stereocenters. The Hall–Kier alpha value is -1.81. The van der Waals surface area contributed by atoms with Crippen LogP contribution in [-0.4, -0.2) is 31.4 Å². The fraction of sp³-hybridized carbons (Fsp3) is 0.548. The summed E-state index contributed by atoms with van der Waals surface area (Å²) in [6.45, 7) is 7.92. The normalized spacial score (nSPS) is 31.8. The lowest BCUT2D eigenvalue weighted by Gasteiger charge is -2.64. The van der Waals surface area contributed by atoms with Crippen LogP contribution in [-0.2, 0) is 30.5 Å². The third-order valence-corrected chi connectivity index (χ3v) is 10.7. The molecule has 1 aromatic heterocycles. The van der Waals surface area contributed by atoms with Crippen molar-refractivity contribution in [2.24, 2.45) is 17.3 Å². The Morgan fingerprint density at radius 3 is 2.74 bits per heavy atom. The van der Waals surface area contributed by atoms with Crippen LogP contribution in [0.4, 0.5) is 0 Å². The Labute approximate surface area is 235 Å². The molecule has 3 saturated carbocycles. The van der Waals surface area contributed by atoms with Crippen LogP contribution in [0.3, 0.4) is 0 Å². The van der Waals surface area contributed by atoms with E-state index in [4.69, 9.17) is 22.7 Å². The fourth-order valence-corrected chi connectivity index (χ4v) is 8.13. The summed E-state index contributed by atoms with van der Waals surface area (Å²) in [4.78, 5) is 0. The highest BCUT2D eigenvalue weighted by Crippen LogP contribution is 2.65. The number of ether oxygens (including phenoxy) is 1. The van der Waals surface area contributed by atoms with Crippen molar-refractivity contribution in [3.8, 4) is 0 Å². The first kappa shape index (κ1) is 26.1. The minimum absolute atomic E-state index is 0.125. The van der Waals surface area contributed by atoms with Crippen molar-refractivity contribution in [3.63, 3.8) is 0 Å². The van der Waals surface area contributed by atoms with Gasteiger partial charge in [0.05, 0.1) is 30.0 Å². The van der Waals surface area contributed by atoms with E-state index >= 15 is 0 Å². The SMILES string of the molecule is CC1(C)C2CC3OB(C(Cc4coc5ccccc45)NOSCc4ccc(C5CCCO5)cc4)OC3(C)C1C2. The van der Waals surface area contributed by atoms with Crippen LogP contribution < -0.4 is 5.48 Å². The van der Waals surface area contributed by atoms with Crippen LogP contribution in [0.2, 0.25) is 0 Å². The number of rotatable bonds is 9. The average Bonchev–Trinajstić information content (AvgIpc) is 3.69. The van der Waals surface area contributed by atoms with Crippen molar-refractivity contribution in [2.75, 3.05) is 6.61 Å². The Balaban J connectivity index is 1.03. The number of hydrogen-bond acceptors (Lipinski definition) is 7. The van der Waals surface area contributed by atoms with E-state index < -0.39 is 7.12 Å². The molecule has 3 heterocycles. The zero-order chi connectivity index (χ0) is 26.6. The number of fused-ring (bicyclic) bond motifs is 1. The highest BCUT2D eigenvalue weighted by molar-refractivity contribution is 7.93. The van der Waals surface area contributed by atoms with Gasteiger partial charge in [0.1, 0.15) is 5.58 Å². The lowest BCUT2D eigenvalue weighted by molar-refractivity contribution is -0.199. The van der Waals surface area contributed by atoms with Gasteiger partial charge in [0, 0.05) is 29.8 Å². The second-order valence-corrected chi connectivity index (χ2v) is 13.3. The second kappa shape index (κ2) is 10.2. The second-order valence-electron chi connectivity index (χ2n) is 12.6. The molecular weight excluding hydrogens is 509 g/mol. The molecule has 6 nitrogen and oxygen atoms in total. The minimum atomic E-state index is -0.393. The van der Waals surface area contributed by atoms with E-state index in [0.29, 0.717) is 23.7 Å². The number of para-hydroxylation sites is 1. The number of benzene rings is 2. The molecule has 0 radical (unpaired) electrons. The van der Waals surface area contributed by atoms with Crippen molar-refractivity contribution < 1.29 is 22.7 Å². The maximum absolute atomic E-state index is 6.82. The third-order valence-electron chi connectivity index (χ3n) is 10.1. The van der Waals surface area contributed by atoms with Gasteiger partial charge in [-0.25, -0.2) is 4.28 Å². The van der Waals surface area contributed by atoms with Gasteiger partial charge in [-0.05, 0) is 79.0 Å². The van der Waals surface area contributed by atoms with Crippen LogP contribution in [0.1, 0.15) is 69.2 Å². The highest BCUT2D eigenvalue weighted by atomic mass is 32.2. The zero-order valence-corrected chi connectivity index (χ0v) is 23.9. The third kappa shape index (κ3) is 4.67. The van der Waals surface area contributed by atoms with Crippen molar-refractivity contribution in [2.45, 2.75) is 82.4 Å². The molecule has 5 aliphatic rings. The Kier molecular flexibility index (Phi) is 6.85. The van der Waals surface area contributed by atoms with Crippen molar-refractivity contribution in [1.29, 1.82) is 0 Å². The summed E-state index contributed by atoms with van der Waals surface area (Å²) in [6.07, 6.45) is 7.46. The predicted molar refractivity (Wildman–Crippen MR) is 154 cm³/mol. The first-order valence-electron chi connectivity index (χ1n) is 14.4. The van der Waals surface area contributed by atoms with Crippen molar-refractivity contribution in [3.05, 3.63) is 71.5 Å². The molecule has 3 aliphatic carbocycles. The van der Waals surface area contributed by atoms with Gasteiger partial charge in [-0.1, -0.05) is 56.3 Å². The quantitative estimate of drug-likeness (QED) is 0.136. The predicted octanol–water partition coefficient (Wildman–Crippen LogP) is 6.83. The maximum atomic E-state index is 6.82. The number of hydrogen-bond donors (Lipinski definition) is 1. The summed E-state index contributed by atoms with van der Waals surface area (Å²) >= 11 is 1.40. The van der Waals surface area contributed by atoms with Crippen molar-refractivity contribution >= 4 is 30.1 Å². The monoisotopic (exact) mass is 547 g/mol. The van der Waals surface area contributed by atoms with Gasteiger partial charge in [-0.3, -0.25) is 0 Å². The van der Waals surface area contributed by atoms with Crippen LogP contribution in [0.25, 0.3) is 11.0 Å². The molecule has 0 amide bonds. The fourth-order valence-electron chi connectivity index (χ4n) is 7.55. The van der Waals surface area contributed by atoms with Gasteiger partial charge >= 0.3 is 7.12 Å². The maximum Gasteiger partial charge on any atom is 0.478 e. The van der Waals surface area contributed by atoms with E-state index in [0.717, 1.165) is 48.2 Å². The summed E-state index contributed by atoms with van der Waals surface area (Å²) in [5.41, 5.74) is 7.86. The Morgan fingerprint density at radius 1 is 1.10 bits per heavy atom. The molecule has 206 valence electrons. The average molecular weight is 548 g/mol. The highest BCUT2D eigenvalue weighted by Gasteiger charge is 2.68. The molecule has 6 unspecified atom stereocenters. The largest absolute Gasteiger partial charge is 0.478 e. The van der Waals surface area contributed by atoms with E-state index in [9.17, 15) is 0 Å². The minimum Gasteiger partial charge on any atom is -0.464 e.